The van der Waals surface area contributed by atoms with Gasteiger partial charge in [-0.05, 0) is 44.3 Å². The first-order chi connectivity index (χ1) is 11.4. The summed E-state index contributed by atoms with van der Waals surface area (Å²) in [5.41, 5.74) is 3.09. The summed E-state index contributed by atoms with van der Waals surface area (Å²) < 4.78 is 5.51. The summed E-state index contributed by atoms with van der Waals surface area (Å²) >= 11 is 5.56. The molecule has 0 fully saturated rings. The summed E-state index contributed by atoms with van der Waals surface area (Å²) in [5, 5.41) is 0. The summed E-state index contributed by atoms with van der Waals surface area (Å²) in [6.45, 7) is 3.71. The summed E-state index contributed by atoms with van der Waals surface area (Å²) in [5.74, 6) is 0.662. The summed E-state index contributed by atoms with van der Waals surface area (Å²) in [6.07, 6.45) is 25.1. The lowest BCUT2D eigenvalue weighted by Crippen LogP contribution is -1.91. The number of unbranched alkanes of at least 4 members (excludes halogenated alkanes) is 6. The van der Waals surface area contributed by atoms with Gasteiger partial charge in [0.1, 0.15) is 0 Å². The van der Waals surface area contributed by atoms with Crippen molar-refractivity contribution in [2.75, 3.05) is 19.1 Å². The highest BCUT2D eigenvalue weighted by Gasteiger charge is 1.87. The van der Waals surface area contributed by atoms with E-state index in [0.29, 0.717) is 12.5 Å². The van der Waals surface area contributed by atoms with Crippen LogP contribution in [0.2, 0.25) is 0 Å². The molecule has 0 radical (unpaired) electrons. The number of ether oxygens (including phenoxy) is 1. The van der Waals surface area contributed by atoms with E-state index in [1.807, 2.05) is 12.2 Å². The molecule has 23 heavy (non-hydrogen) atoms. The average molecular weight is 339 g/mol. The van der Waals surface area contributed by atoms with Crippen molar-refractivity contribution in [3.8, 4) is 0 Å². The maximum Gasteiger partial charge on any atom is 0.0647 e. The molecular formula is C21H35ClO. The van der Waals surface area contributed by atoms with E-state index >= 15 is 0 Å². The van der Waals surface area contributed by atoms with Gasteiger partial charge in [-0.25, -0.2) is 0 Å². The van der Waals surface area contributed by atoms with E-state index in [9.17, 15) is 0 Å². The molecule has 0 aromatic heterocycles. The van der Waals surface area contributed by atoms with Crippen LogP contribution in [0.4, 0.5) is 0 Å². The van der Waals surface area contributed by atoms with E-state index in [4.69, 9.17) is 16.3 Å². The monoisotopic (exact) mass is 338 g/mol. The Kier molecular flexibility index (Phi) is 20.6. The first kappa shape index (κ1) is 22.2. The van der Waals surface area contributed by atoms with Crippen LogP contribution in [0.25, 0.3) is 0 Å². The molecule has 0 heterocycles. The normalized spacial score (nSPS) is 11.2. The predicted molar refractivity (Wildman–Crippen MR) is 104 cm³/mol. The standard InChI is InChI=1S/C21H35ClO/c1-2-3-4-5-6-7-8-9-10-11-14-17-20-23-21-18-15-12-13-16-19-22/h9-10,13-15,17H,2-8,11,16,18-21H2,1H3. The smallest absolute Gasteiger partial charge is 0.0647 e. The lowest BCUT2D eigenvalue weighted by atomic mass is 10.1. The zero-order valence-electron chi connectivity index (χ0n) is 14.9. The van der Waals surface area contributed by atoms with Gasteiger partial charge in [-0.3, -0.25) is 0 Å². The van der Waals surface area contributed by atoms with Crippen LogP contribution in [0, 0.1) is 0 Å². The van der Waals surface area contributed by atoms with E-state index in [2.05, 4.69) is 37.0 Å². The third-order valence-electron chi connectivity index (χ3n) is 3.44. The Hall–Kier alpha value is -0.750. The van der Waals surface area contributed by atoms with Gasteiger partial charge in [0.15, 0.2) is 0 Å². The first-order valence-electron chi connectivity index (χ1n) is 9.25. The summed E-state index contributed by atoms with van der Waals surface area (Å²) in [6, 6.07) is 0. The quantitative estimate of drug-likeness (QED) is 0.127. The molecule has 0 aliphatic rings. The lowest BCUT2D eigenvalue weighted by molar-refractivity contribution is 0.167. The molecule has 2 heteroatoms. The molecule has 1 nitrogen and oxygen atoms in total. The zero-order chi connectivity index (χ0) is 16.8. The SMILES string of the molecule is CCCCCCCCC=CCC=CCOCCC=C=CCCCl. The van der Waals surface area contributed by atoms with Crippen molar-refractivity contribution in [1.29, 1.82) is 0 Å². The van der Waals surface area contributed by atoms with Crippen LogP contribution in [0.3, 0.4) is 0 Å². The second-order valence-electron chi connectivity index (χ2n) is 5.65. The molecule has 0 spiro atoms. The molecule has 0 aromatic rings. The van der Waals surface area contributed by atoms with Gasteiger partial charge in [-0.1, -0.05) is 63.3 Å². The van der Waals surface area contributed by atoms with Crippen LogP contribution < -0.4 is 0 Å². The molecular weight excluding hydrogens is 304 g/mol. The zero-order valence-corrected chi connectivity index (χ0v) is 15.7. The van der Waals surface area contributed by atoms with Crippen LogP contribution >= 0.6 is 11.6 Å². The lowest BCUT2D eigenvalue weighted by Gasteiger charge is -1.97. The minimum Gasteiger partial charge on any atom is -0.377 e. The fourth-order valence-electron chi connectivity index (χ4n) is 2.10. The Bertz CT molecular complexity index is 338. The van der Waals surface area contributed by atoms with Crippen LogP contribution in [0.1, 0.15) is 71.1 Å². The fourth-order valence-corrected chi connectivity index (χ4v) is 2.21. The molecule has 0 aliphatic heterocycles. The van der Waals surface area contributed by atoms with E-state index < -0.39 is 0 Å². The van der Waals surface area contributed by atoms with E-state index in [-0.39, 0.29) is 0 Å². The Balaban J connectivity index is 3.27. The van der Waals surface area contributed by atoms with Gasteiger partial charge in [-0.2, -0.15) is 0 Å². The Morgan fingerprint density at radius 2 is 1.57 bits per heavy atom. The van der Waals surface area contributed by atoms with E-state index in [0.717, 1.165) is 25.9 Å². The van der Waals surface area contributed by atoms with Crippen molar-refractivity contribution < 1.29 is 4.74 Å². The van der Waals surface area contributed by atoms with Crippen molar-refractivity contribution in [2.24, 2.45) is 0 Å². The highest BCUT2D eigenvalue weighted by molar-refractivity contribution is 6.17. The number of rotatable bonds is 16. The third kappa shape index (κ3) is 21.2. The molecule has 0 aromatic carbocycles. The van der Waals surface area contributed by atoms with Crippen LogP contribution in [-0.2, 0) is 4.74 Å². The Morgan fingerprint density at radius 1 is 0.826 bits per heavy atom. The van der Waals surface area contributed by atoms with Gasteiger partial charge in [0.25, 0.3) is 0 Å². The fraction of sp³-hybridized carbons (Fsp3) is 0.667. The van der Waals surface area contributed by atoms with Gasteiger partial charge in [0.05, 0.1) is 13.2 Å². The minimum atomic E-state index is 0.662. The van der Waals surface area contributed by atoms with Crippen molar-refractivity contribution in [3.05, 3.63) is 42.2 Å². The molecule has 132 valence electrons. The molecule has 0 unspecified atom stereocenters. The molecule has 0 aliphatic carbocycles. The Morgan fingerprint density at radius 3 is 2.39 bits per heavy atom. The van der Waals surface area contributed by atoms with Gasteiger partial charge < -0.3 is 4.74 Å². The topological polar surface area (TPSA) is 9.23 Å². The van der Waals surface area contributed by atoms with E-state index in [1.54, 1.807) is 0 Å². The van der Waals surface area contributed by atoms with Gasteiger partial charge in [0, 0.05) is 5.88 Å². The van der Waals surface area contributed by atoms with Crippen molar-refractivity contribution in [2.45, 2.75) is 71.1 Å². The van der Waals surface area contributed by atoms with Gasteiger partial charge >= 0.3 is 0 Å². The molecule has 0 rings (SSSR count). The highest BCUT2D eigenvalue weighted by atomic mass is 35.5. The molecule has 0 bridgehead atoms. The number of halogens is 1. The largest absolute Gasteiger partial charge is 0.377 e. The molecule has 0 atom stereocenters. The summed E-state index contributed by atoms with van der Waals surface area (Å²) in [4.78, 5) is 0. The molecule has 0 N–H and O–H groups in total. The van der Waals surface area contributed by atoms with Gasteiger partial charge in [-0.15, -0.1) is 17.3 Å². The molecule has 0 saturated carbocycles. The average Bonchev–Trinajstić information content (AvgIpc) is 2.57. The van der Waals surface area contributed by atoms with Gasteiger partial charge in [0.2, 0.25) is 0 Å². The number of alkyl halides is 1. The number of hydrogen-bond donors (Lipinski definition) is 0. The molecule has 0 saturated heterocycles. The first-order valence-corrected chi connectivity index (χ1v) is 9.78. The van der Waals surface area contributed by atoms with Crippen molar-refractivity contribution >= 4 is 11.6 Å². The Labute approximate surface area is 149 Å². The third-order valence-corrected chi connectivity index (χ3v) is 3.66. The van der Waals surface area contributed by atoms with Crippen LogP contribution in [-0.4, -0.2) is 19.1 Å². The highest BCUT2D eigenvalue weighted by Crippen LogP contribution is 2.07. The number of allylic oxidation sites excluding steroid dienone is 3. The minimum absolute atomic E-state index is 0.662. The second-order valence-corrected chi connectivity index (χ2v) is 6.03. The maximum absolute atomic E-state index is 5.56. The van der Waals surface area contributed by atoms with Crippen LogP contribution in [0.5, 0.6) is 0 Å². The van der Waals surface area contributed by atoms with Crippen molar-refractivity contribution in [3.63, 3.8) is 0 Å². The van der Waals surface area contributed by atoms with Crippen molar-refractivity contribution in [1.82, 2.24) is 0 Å². The molecule has 0 amide bonds. The predicted octanol–water partition coefficient (Wildman–Crippen LogP) is 6.99. The second kappa shape index (κ2) is 21.2. The van der Waals surface area contributed by atoms with E-state index in [1.165, 1.54) is 44.9 Å². The number of hydrogen-bond acceptors (Lipinski definition) is 1. The maximum atomic E-state index is 5.56. The summed E-state index contributed by atoms with van der Waals surface area (Å²) in [7, 11) is 0. The van der Waals surface area contributed by atoms with Crippen LogP contribution in [0.15, 0.2) is 42.2 Å².